The van der Waals surface area contributed by atoms with Crippen LogP contribution in [0.15, 0.2) is 12.2 Å². The lowest BCUT2D eigenvalue weighted by molar-refractivity contribution is -0.137. The molecule has 0 aromatic rings. The van der Waals surface area contributed by atoms with Gasteiger partial charge in [0.25, 0.3) is 0 Å². The predicted octanol–water partition coefficient (Wildman–Crippen LogP) is 0.00930. The molecule has 14 heavy (non-hydrogen) atoms. The minimum absolute atomic E-state index is 0.257. The van der Waals surface area contributed by atoms with E-state index in [0.717, 1.165) is 19.6 Å². The van der Waals surface area contributed by atoms with Gasteiger partial charge in [-0.1, -0.05) is 6.08 Å². The lowest BCUT2D eigenvalue weighted by Crippen LogP contribution is -2.55. The topological polar surface area (TPSA) is 41.6 Å². The zero-order valence-electron chi connectivity index (χ0n) is 8.82. The van der Waals surface area contributed by atoms with E-state index in [9.17, 15) is 4.79 Å². The van der Waals surface area contributed by atoms with Gasteiger partial charge in [0, 0.05) is 31.8 Å². The summed E-state index contributed by atoms with van der Waals surface area (Å²) in [6.45, 7) is 5.13. The Hall–Kier alpha value is -0.870. The number of esters is 1. The first kappa shape index (κ1) is 11.2. The lowest BCUT2D eigenvalue weighted by atomic mass is 10.1. The van der Waals surface area contributed by atoms with Crippen molar-refractivity contribution >= 4 is 5.97 Å². The third-order valence-corrected chi connectivity index (χ3v) is 2.32. The van der Waals surface area contributed by atoms with E-state index in [4.69, 9.17) is 4.74 Å². The van der Waals surface area contributed by atoms with Crippen molar-refractivity contribution in [1.82, 2.24) is 10.2 Å². The van der Waals surface area contributed by atoms with Gasteiger partial charge < -0.3 is 10.1 Å². The second-order valence-corrected chi connectivity index (χ2v) is 3.41. The molecule has 0 saturated carbocycles. The lowest BCUT2D eigenvalue weighted by Gasteiger charge is -2.34. The summed E-state index contributed by atoms with van der Waals surface area (Å²) < 4.78 is 4.77. The largest absolute Gasteiger partial charge is 0.463 e. The molecule has 1 aliphatic heterocycles. The Morgan fingerprint density at radius 3 is 2.86 bits per heavy atom. The summed E-state index contributed by atoms with van der Waals surface area (Å²) in [5, 5.41) is 3.20. The molecule has 1 heterocycles. The SMILES string of the molecule is CCOC(=O)/C=C/CN(C)C1CNC1. The highest BCUT2D eigenvalue weighted by molar-refractivity contribution is 5.81. The van der Waals surface area contributed by atoms with Crippen LogP contribution in [-0.2, 0) is 9.53 Å². The van der Waals surface area contributed by atoms with Gasteiger partial charge in [0.05, 0.1) is 6.61 Å². The maximum absolute atomic E-state index is 10.9. The highest BCUT2D eigenvalue weighted by atomic mass is 16.5. The van der Waals surface area contributed by atoms with E-state index in [1.165, 1.54) is 6.08 Å². The van der Waals surface area contributed by atoms with Crippen LogP contribution in [0.4, 0.5) is 0 Å². The summed E-state index contributed by atoms with van der Waals surface area (Å²) in [6, 6.07) is 0.613. The third-order valence-electron chi connectivity index (χ3n) is 2.32. The molecule has 1 N–H and O–H groups in total. The molecule has 4 heteroatoms. The Morgan fingerprint density at radius 1 is 1.64 bits per heavy atom. The fourth-order valence-electron chi connectivity index (χ4n) is 1.24. The van der Waals surface area contributed by atoms with Crippen LogP contribution in [0.5, 0.6) is 0 Å². The van der Waals surface area contributed by atoms with E-state index < -0.39 is 0 Å². The number of nitrogens with one attached hydrogen (secondary N) is 1. The fourth-order valence-corrected chi connectivity index (χ4v) is 1.24. The number of hydrogen-bond acceptors (Lipinski definition) is 4. The second kappa shape index (κ2) is 5.78. The highest BCUT2D eigenvalue weighted by Gasteiger charge is 2.19. The average Bonchev–Trinajstić information content (AvgIpc) is 2.01. The molecular formula is C10H18N2O2. The van der Waals surface area contributed by atoms with Gasteiger partial charge in [0.15, 0.2) is 0 Å². The van der Waals surface area contributed by atoms with Crippen molar-refractivity contribution < 1.29 is 9.53 Å². The number of likely N-dealkylation sites (N-methyl/N-ethyl adjacent to an activating group) is 1. The fraction of sp³-hybridized carbons (Fsp3) is 0.700. The third kappa shape index (κ3) is 3.47. The van der Waals surface area contributed by atoms with E-state index in [0.29, 0.717) is 12.6 Å². The predicted molar refractivity (Wildman–Crippen MR) is 55.1 cm³/mol. The molecule has 1 saturated heterocycles. The van der Waals surface area contributed by atoms with E-state index >= 15 is 0 Å². The van der Waals surface area contributed by atoms with Crippen molar-refractivity contribution in [2.24, 2.45) is 0 Å². The van der Waals surface area contributed by atoms with Crippen LogP contribution in [0.25, 0.3) is 0 Å². The Morgan fingerprint density at radius 2 is 2.36 bits per heavy atom. The maximum atomic E-state index is 10.9. The van der Waals surface area contributed by atoms with Crippen LogP contribution in [0.1, 0.15) is 6.92 Å². The van der Waals surface area contributed by atoms with E-state index in [1.807, 2.05) is 6.08 Å². The molecule has 0 aromatic carbocycles. The number of hydrogen-bond donors (Lipinski definition) is 1. The van der Waals surface area contributed by atoms with E-state index in [-0.39, 0.29) is 5.97 Å². The molecule has 1 rings (SSSR count). The molecule has 1 aliphatic rings. The van der Waals surface area contributed by atoms with Crippen molar-refractivity contribution in [3.8, 4) is 0 Å². The van der Waals surface area contributed by atoms with Gasteiger partial charge in [-0.25, -0.2) is 4.79 Å². The summed E-state index contributed by atoms with van der Waals surface area (Å²) >= 11 is 0. The summed E-state index contributed by atoms with van der Waals surface area (Å²) in [6.07, 6.45) is 3.34. The molecular weight excluding hydrogens is 180 g/mol. The number of nitrogens with zero attached hydrogens (tertiary/aromatic N) is 1. The van der Waals surface area contributed by atoms with Gasteiger partial charge >= 0.3 is 5.97 Å². The molecule has 80 valence electrons. The number of carbonyl (C=O) groups excluding carboxylic acids is 1. The molecule has 4 nitrogen and oxygen atoms in total. The minimum Gasteiger partial charge on any atom is -0.463 e. The van der Waals surface area contributed by atoms with Crippen LogP contribution in [0, 0.1) is 0 Å². The average molecular weight is 198 g/mol. The van der Waals surface area contributed by atoms with Gasteiger partial charge in [-0.3, -0.25) is 4.90 Å². The quantitative estimate of drug-likeness (QED) is 0.499. The molecule has 1 fully saturated rings. The molecule has 0 radical (unpaired) electrons. The molecule has 0 aromatic heterocycles. The van der Waals surface area contributed by atoms with Gasteiger partial charge in [0.1, 0.15) is 0 Å². The minimum atomic E-state index is -0.257. The van der Waals surface area contributed by atoms with Crippen LogP contribution >= 0.6 is 0 Å². The smallest absolute Gasteiger partial charge is 0.330 e. The summed E-state index contributed by atoms with van der Waals surface area (Å²) in [5.41, 5.74) is 0. The molecule has 0 unspecified atom stereocenters. The summed E-state index contributed by atoms with van der Waals surface area (Å²) in [4.78, 5) is 13.2. The van der Waals surface area contributed by atoms with Crippen LogP contribution in [0.3, 0.4) is 0 Å². The van der Waals surface area contributed by atoms with Gasteiger partial charge in [-0.05, 0) is 14.0 Å². The van der Waals surface area contributed by atoms with Crippen LogP contribution in [-0.4, -0.2) is 50.2 Å². The Balaban J connectivity index is 2.14. The monoisotopic (exact) mass is 198 g/mol. The molecule has 0 amide bonds. The summed E-state index contributed by atoms with van der Waals surface area (Å²) in [5.74, 6) is -0.257. The Kier molecular flexibility index (Phi) is 4.62. The van der Waals surface area contributed by atoms with Gasteiger partial charge in [-0.2, -0.15) is 0 Å². The van der Waals surface area contributed by atoms with E-state index in [2.05, 4.69) is 17.3 Å². The van der Waals surface area contributed by atoms with Crippen molar-refractivity contribution in [3.63, 3.8) is 0 Å². The van der Waals surface area contributed by atoms with E-state index in [1.54, 1.807) is 6.92 Å². The Labute approximate surface area is 84.9 Å². The summed E-state index contributed by atoms with van der Waals surface area (Å²) in [7, 11) is 2.06. The molecule has 0 bridgehead atoms. The molecule has 0 atom stereocenters. The number of ether oxygens (including phenoxy) is 1. The van der Waals surface area contributed by atoms with Crippen molar-refractivity contribution in [2.45, 2.75) is 13.0 Å². The first-order valence-electron chi connectivity index (χ1n) is 4.98. The van der Waals surface area contributed by atoms with Crippen molar-refractivity contribution in [1.29, 1.82) is 0 Å². The molecule has 0 aliphatic carbocycles. The van der Waals surface area contributed by atoms with Crippen molar-refractivity contribution in [3.05, 3.63) is 12.2 Å². The zero-order valence-corrected chi connectivity index (χ0v) is 8.82. The Bertz CT molecular complexity index is 212. The maximum Gasteiger partial charge on any atom is 0.330 e. The van der Waals surface area contributed by atoms with Crippen LogP contribution < -0.4 is 5.32 Å². The van der Waals surface area contributed by atoms with Gasteiger partial charge in [0.2, 0.25) is 0 Å². The van der Waals surface area contributed by atoms with Gasteiger partial charge in [-0.15, -0.1) is 0 Å². The number of rotatable bonds is 5. The second-order valence-electron chi connectivity index (χ2n) is 3.41. The molecule has 0 spiro atoms. The highest BCUT2D eigenvalue weighted by Crippen LogP contribution is 2.01. The first-order valence-corrected chi connectivity index (χ1v) is 4.98. The normalized spacial score (nSPS) is 17.4. The number of carbonyl (C=O) groups is 1. The zero-order chi connectivity index (χ0) is 10.4. The standard InChI is InChI=1S/C10H18N2O2/c1-3-14-10(13)5-4-6-12(2)9-7-11-8-9/h4-5,9,11H,3,6-8H2,1-2H3/b5-4+. The first-order chi connectivity index (χ1) is 6.74. The van der Waals surface area contributed by atoms with Crippen LogP contribution in [0.2, 0.25) is 0 Å². The van der Waals surface area contributed by atoms with Crippen molar-refractivity contribution in [2.75, 3.05) is 33.3 Å².